The third kappa shape index (κ3) is 4.01. The van der Waals surface area contributed by atoms with Gasteiger partial charge < -0.3 is 10.2 Å². The Kier molecular flexibility index (Phi) is 5.84. The Labute approximate surface area is 149 Å². The monoisotopic (exact) mass is 367 g/mol. The normalized spacial score (nSPS) is 16.1. The van der Waals surface area contributed by atoms with Gasteiger partial charge in [-0.3, -0.25) is 9.59 Å². The molecule has 0 aliphatic carbocycles. The lowest BCUT2D eigenvalue weighted by Gasteiger charge is -2.31. The minimum Gasteiger partial charge on any atom is -0.359 e. The summed E-state index contributed by atoms with van der Waals surface area (Å²) in [5, 5.41) is 2.64. The van der Waals surface area contributed by atoms with Crippen LogP contribution in [0, 0.1) is 12.8 Å². The van der Waals surface area contributed by atoms with Crippen molar-refractivity contribution in [3.8, 4) is 0 Å². The number of amides is 2. The molecule has 1 aliphatic heterocycles. The number of sulfonamides is 1. The van der Waals surface area contributed by atoms with E-state index in [1.807, 2.05) is 0 Å². The summed E-state index contributed by atoms with van der Waals surface area (Å²) in [6.45, 7) is 2.68. The molecule has 138 valence electrons. The largest absolute Gasteiger partial charge is 0.359 e. The van der Waals surface area contributed by atoms with E-state index in [9.17, 15) is 18.0 Å². The summed E-state index contributed by atoms with van der Waals surface area (Å²) in [6, 6.07) is 4.75. The second kappa shape index (κ2) is 7.53. The number of hydrogen-bond acceptors (Lipinski definition) is 4. The zero-order valence-electron chi connectivity index (χ0n) is 15.1. The number of rotatable bonds is 4. The quantitative estimate of drug-likeness (QED) is 0.854. The predicted octanol–water partition coefficient (Wildman–Crippen LogP) is 0.844. The molecular weight excluding hydrogens is 342 g/mol. The van der Waals surface area contributed by atoms with Gasteiger partial charge in [-0.15, -0.1) is 0 Å². The molecule has 1 fully saturated rings. The highest BCUT2D eigenvalue weighted by molar-refractivity contribution is 7.89. The van der Waals surface area contributed by atoms with Gasteiger partial charge in [0, 0.05) is 45.7 Å². The minimum absolute atomic E-state index is 0.00166. The Morgan fingerprint density at radius 1 is 1.20 bits per heavy atom. The zero-order chi connectivity index (χ0) is 18.8. The van der Waals surface area contributed by atoms with Crippen molar-refractivity contribution >= 4 is 21.8 Å². The van der Waals surface area contributed by atoms with Gasteiger partial charge in [0.15, 0.2) is 0 Å². The Morgan fingerprint density at radius 2 is 1.80 bits per heavy atom. The molecule has 0 bridgehead atoms. The lowest BCUT2D eigenvalue weighted by molar-refractivity contribution is -0.125. The first-order valence-electron chi connectivity index (χ1n) is 8.22. The highest BCUT2D eigenvalue weighted by atomic mass is 32.2. The molecule has 8 heteroatoms. The molecule has 2 rings (SSSR count). The van der Waals surface area contributed by atoms with Crippen molar-refractivity contribution in [3.05, 3.63) is 29.3 Å². The average Bonchev–Trinajstić information content (AvgIpc) is 2.60. The highest BCUT2D eigenvalue weighted by Gasteiger charge is 2.28. The van der Waals surface area contributed by atoms with Crippen LogP contribution < -0.4 is 5.32 Å². The summed E-state index contributed by atoms with van der Waals surface area (Å²) >= 11 is 0. The number of nitrogens with one attached hydrogen (secondary N) is 1. The van der Waals surface area contributed by atoms with Crippen LogP contribution in [-0.4, -0.2) is 63.7 Å². The summed E-state index contributed by atoms with van der Waals surface area (Å²) in [5.74, 6) is -0.274. The van der Waals surface area contributed by atoms with Crippen molar-refractivity contribution in [2.24, 2.45) is 5.92 Å². The molecule has 0 aromatic heterocycles. The van der Waals surface area contributed by atoms with Gasteiger partial charge in [-0.1, -0.05) is 6.07 Å². The predicted molar refractivity (Wildman–Crippen MR) is 94.7 cm³/mol. The Balaban J connectivity index is 2.20. The summed E-state index contributed by atoms with van der Waals surface area (Å²) < 4.78 is 26.0. The molecule has 1 heterocycles. The van der Waals surface area contributed by atoms with E-state index in [1.165, 1.54) is 20.2 Å². The SMILES string of the molecule is CNC(=O)C1CCN(C(=O)c2ccc(C)c(S(=O)(=O)N(C)C)c2)CC1. The van der Waals surface area contributed by atoms with Crippen LogP contribution in [0.3, 0.4) is 0 Å². The van der Waals surface area contributed by atoms with E-state index >= 15 is 0 Å². The maximum atomic E-state index is 12.7. The first kappa shape index (κ1) is 19.4. The molecule has 0 atom stereocenters. The van der Waals surface area contributed by atoms with Gasteiger partial charge in [0.25, 0.3) is 5.91 Å². The second-order valence-electron chi connectivity index (χ2n) is 6.45. The van der Waals surface area contributed by atoms with Crippen LogP contribution in [0.1, 0.15) is 28.8 Å². The van der Waals surface area contributed by atoms with E-state index in [0.29, 0.717) is 37.1 Å². The van der Waals surface area contributed by atoms with Crippen molar-refractivity contribution in [3.63, 3.8) is 0 Å². The number of benzene rings is 1. The first-order chi connectivity index (χ1) is 11.7. The number of aryl methyl sites for hydroxylation is 1. The number of carbonyl (C=O) groups excluding carboxylic acids is 2. The standard InChI is InChI=1S/C17H25N3O4S/c1-12-5-6-14(11-15(12)25(23,24)19(3)4)17(22)20-9-7-13(8-10-20)16(21)18-2/h5-6,11,13H,7-10H2,1-4H3,(H,18,21). The summed E-state index contributed by atoms with van der Waals surface area (Å²) in [6.07, 6.45) is 1.22. The Bertz CT molecular complexity index is 766. The van der Waals surface area contributed by atoms with E-state index in [-0.39, 0.29) is 22.6 Å². The van der Waals surface area contributed by atoms with Gasteiger partial charge in [0.1, 0.15) is 0 Å². The molecule has 0 saturated carbocycles. The van der Waals surface area contributed by atoms with Crippen LogP contribution in [0.4, 0.5) is 0 Å². The van der Waals surface area contributed by atoms with Crippen LogP contribution in [-0.2, 0) is 14.8 Å². The van der Waals surface area contributed by atoms with Crippen LogP contribution in [0.5, 0.6) is 0 Å². The van der Waals surface area contributed by atoms with Gasteiger partial charge in [-0.25, -0.2) is 12.7 Å². The lowest BCUT2D eigenvalue weighted by Crippen LogP contribution is -2.42. The lowest BCUT2D eigenvalue weighted by atomic mass is 9.95. The van der Waals surface area contributed by atoms with E-state index in [0.717, 1.165) is 4.31 Å². The molecule has 1 aromatic rings. The van der Waals surface area contributed by atoms with E-state index in [1.54, 1.807) is 31.0 Å². The van der Waals surface area contributed by atoms with Crippen molar-refractivity contribution in [1.82, 2.24) is 14.5 Å². The van der Waals surface area contributed by atoms with E-state index in [2.05, 4.69) is 5.32 Å². The fourth-order valence-electron chi connectivity index (χ4n) is 2.94. The van der Waals surface area contributed by atoms with Crippen molar-refractivity contribution in [2.75, 3.05) is 34.2 Å². The topological polar surface area (TPSA) is 86.8 Å². The molecule has 0 unspecified atom stereocenters. The first-order valence-corrected chi connectivity index (χ1v) is 9.66. The highest BCUT2D eigenvalue weighted by Crippen LogP contribution is 2.23. The summed E-state index contributed by atoms with van der Waals surface area (Å²) in [4.78, 5) is 26.2. The van der Waals surface area contributed by atoms with E-state index < -0.39 is 10.0 Å². The van der Waals surface area contributed by atoms with Crippen LogP contribution in [0.2, 0.25) is 0 Å². The van der Waals surface area contributed by atoms with Crippen LogP contribution >= 0.6 is 0 Å². The van der Waals surface area contributed by atoms with Crippen molar-refractivity contribution < 1.29 is 18.0 Å². The summed E-state index contributed by atoms with van der Waals surface area (Å²) in [7, 11) is 0.932. The summed E-state index contributed by atoms with van der Waals surface area (Å²) in [5.41, 5.74) is 0.952. The molecule has 0 spiro atoms. The molecule has 1 N–H and O–H groups in total. The second-order valence-corrected chi connectivity index (χ2v) is 8.57. The fraction of sp³-hybridized carbons (Fsp3) is 0.529. The van der Waals surface area contributed by atoms with Gasteiger partial charge >= 0.3 is 0 Å². The molecular formula is C17H25N3O4S. The van der Waals surface area contributed by atoms with Crippen molar-refractivity contribution in [2.45, 2.75) is 24.7 Å². The van der Waals surface area contributed by atoms with Crippen LogP contribution in [0.15, 0.2) is 23.1 Å². The number of carbonyl (C=O) groups is 2. The van der Waals surface area contributed by atoms with Gasteiger partial charge in [-0.2, -0.15) is 0 Å². The third-order valence-electron chi connectivity index (χ3n) is 4.59. The molecule has 1 aromatic carbocycles. The maximum absolute atomic E-state index is 12.7. The fourth-order valence-corrected chi connectivity index (χ4v) is 4.08. The van der Waals surface area contributed by atoms with Gasteiger partial charge in [-0.05, 0) is 37.5 Å². The molecule has 0 radical (unpaired) electrons. The average molecular weight is 367 g/mol. The molecule has 1 saturated heterocycles. The number of piperidine rings is 1. The minimum atomic E-state index is -3.61. The molecule has 25 heavy (non-hydrogen) atoms. The Hall–Kier alpha value is -1.93. The molecule has 1 aliphatic rings. The maximum Gasteiger partial charge on any atom is 0.253 e. The van der Waals surface area contributed by atoms with E-state index in [4.69, 9.17) is 0 Å². The third-order valence-corrected chi connectivity index (χ3v) is 6.55. The van der Waals surface area contributed by atoms with Crippen molar-refractivity contribution in [1.29, 1.82) is 0 Å². The number of nitrogens with zero attached hydrogens (tertiary/aromatic N) is 2. The Morgan fingerprint density at radius 3 is 2.32 bits per heavy atom. The molecule has 2 amide bonds. The molecule has 7 nitrogen and oxygen atoms in total. The van der Waals surface area contributed by atoms with Gasteiger partial charge in [0.05, 0.1) is 4.90 Å². The zero-order valence-corrected chi connectivity index (χ0v) is 15.9. The number of hydrogen-bond donors (Lipinski definition) is 1. The smallest absolute Gasteiger partial charge is 0.253 e. The van der Waals surface area contributed by atoms with Crippen LogP contribution in [0.25, 0.3) is 0 Å². The number of likely N-dealkylation sites (tertiary alicyclic amines) is 1. The van der Waals surface area contributed by atoms with Gasteiger partial charge in [0.2, 0.25) is 15.9 Å².